The van der Waals surface area contributed by atoms with E-state index in [1.165, 1.54) is 0 Å². The van der Waals surface area contributed by atoms with Crippen LogP contribution >= 0.6 is 26.6 Å². The number of ether oxygens (including phenoxy) is 1. The molecule has 1 heterocycles. The summed E-state index contributed by atoms with van der Waals surface area (Å²) in [5.74, 6) is -0.379. The van der Waals surface area contributed by atoms with E-state index in [0.29, 0.717) is 5.92 Å². The lowest BCUT2D eigenvalue weighted by Gasteiger charge is -2.04. The van der Waals surface area contributed by atoms with Crippen LogP contribution in [0.5, 0.6) is 0 Å². The normalized spacial score (nSPS) is 11.8. The van der Waals surface area contributed by atoms with E-state index in [-0.39, 0.29) is 21.9 Å². The molecule has 0 bridgehead atoms. The van der Waals surface area contributed by atoms with Crippen LogP contribution in [-0.2, 0) is 13.8 Å². The van der Waals surface area contributed by atoms with E-state index >= 15 is 0 Å². The first-order valence-electron chi connectivity index (χ1n) is 5.63. The van der Waals surface area contributed by atoms with Gasteiger partial charge in [-0.25, -0.2) is 13.2 Å². The standard InChI is InChI=1S/C11H14BrClO5S/c1-7(2)4-3-5-17-11(14)8-6-9(10(12)18-8)19(13,15)16/h6-7H,3-5H2,1-2H3. The molecule has 5 nitrogen and oxygen atoms in total. The highest BCUT2D eigenvalue weighted by atomic mass is 79.9. The van der Waals surface area contributed by atoms with E-state index in [9.17, 15) is 13.2 Å². The largest absolute Gasteiger partial charge is 0.460 e. The van der Waals surface area contributed by atoms with Crippen molar-refractivity contribution in [2.24, 2.45) is 5.92 Å². The van der Waals surface area contributed by atoms with Crippen LogP contribution < -0.4 is 0 Å². The fourth-order valence-corrected chi connectivity index (χ4v) is 3.38. The van der Waals surface area contributed by atoms with Crippen LogP contribution in [-0.4, -0.2) is 21.0 Å². The van der Waals surface area contributed by atoms with Gasteiger partial charge in [0.15, 0.2) is 4.67 Å². The molecule has 0 aliphatic carbocycles. The summed E-state index contributed by atoms with van der Waals surface area (Å²) in [7, 11) is 1.21. The van der Waals surface area contributed by atoms with Crippen molar-refractivity contribution >= 4 is 41.6 Å². The van der Waals surface area contributed by atoms with Gasteiger partial charge in [-0.05, 0) is 34.7 Å². The molecule has 0 aliphatic rings. The van der Waals surface area contributed by atoms with Gasteiger partial charge in [-0.2, -0.15) is 0 Å². The fourth-order valence-electron chi connectivity index (χ4n) is 1.35. The van der Waals surface area contributed by atoms with E-state index in [1.54, 1.807) is 0 Å². The Morgan fingerprint density at radius 2 is 2.16 bits per heavy atom. The Morgan fingerprint density at radius 1 is 1.53 bits per heavy atom. The molecule has 0 unspecified atom stereocenters. The monoisotopic (exact) mass is 372 g/mol. The van der Waals surface area contributed by atoms with E-state index in [1.807, 2.05) is 0 Å². The summed E-state index contributed by atoms with van der Waals surface area (Å²) in [4.78, 5) is 11.3. The highest BCUT2D eigenvalue weighted by Gasteiger charge is 2.23. The molecular weight excluding hydrogens is 360 g/mol. The van der Waals surface area contributed by atoms with Crippen molar-refractivity contribution in [1.29, 1.82) is 0 Å². The number of halogens is 2. The van der Waals surface area contributed by atoms with Gasteiger partial charge in [-0.1, -0.05) is 13.8 Å². The molecule has 0 spiro atoms. The lowest BCUT2D eigenvalue weighted by Crippen LogP contribution is -2.06. The van der Waals surface area contributed by atoms with E-state index in [0.717, 1.165) is 18.9 Å². The number of hydrogen-bond acceptors (Lipinski definition) is 5. The third-order valence-corrected chi connectivity index (χ3v) is 4.46. The van der Waals surface area contributed by atoms with Crippen LogP contribution in [0.4, 0.5) is 0 Å². The molecular formula is C11H14BrClO5S. The van der Waals surface area contributed by atoms with Crippen molar-refractivity contribution in [3.63, 3.8) is 0 Å². The maximum Gasteiger partial charge on any atom is 0.374 e. The van der Waals surface area contributed by atoms with Crippen LogP contribution in [0.3, 0.4) is 0 Å². The summed E-state index contributed by atoms with van der Waals surface area (Å²) in [5.41, 5.74) is 0. The van der Waals surface area contributed by atoms with Gasteiger partial charge in [0, 0.05) is 16.7 Å². The van der Waals surface area contributed by atoms with Crippen molar-refractivity contribution < 1.29 is 22.4 Å². The Morgan fingerprint density at radius 3 is 2.63 bits per heavy atom. The number of furan rings is 1. The Balaban J connectivity index is 2.64. The molecule has 0 saturated heterocycles. The topological polar surface area (TPSA) is 73.6 Å². The third-order valence-electron chi connectivity index (χ3n) is 2.28. The first kappa shape index (κ1) is 16.5. The van der Waals surface area contributed by atoms with Crippen molar-refractivity contribution in [1.82, 2.24) is 0 Å². The van der Waals surface area contributed by atoms with Gasteiger partial charge in [0.05, 0.1) is 6.61 Å². The number of rotatable bonds is 6. The molecule has 0 aliphatic heterocycles. The number of carbonyl (C=O) groups excluding carboxylic acids is 1. The van der Waals surface area contributed by atoms with Gasteiger partial charge >= 0.3 is 5.97 Å². The first-order valence-corrected chi connectivity index (χ1v) is 8.73. The summed E-state index contributed by atoms with van der Waals surface area (Å²) in [5, 5.41) is 0. The van der Waals surface area contributed by atoms with Gasteiger partial charge in [-0.15, -0.1) is 0 Å². The minimum absolute atomic E-state index is 0.114. The van der Waals surface area contributed by atoms with E-state index in [4.69, 9.17) is 19.8 Å². The summed E-state index contributed by atoms with van der Waals surface area (Å²) >= 11 is 2.88. The highest BCUT2D eigenvalue weighted by molar-refractivity contribution is 9.10. The van der Waals surface area contributed by atoms with Gasteiger partial charge < -0.3 is 9.15 Å². The average molecular weight is 374 g/mol. The second kappa shape index (κ2) is 6.76. The third kappa shape index (κ3) is 5.16. The number of carbonyl (C=O) groups is 1. The molecule has 0 aromatic carbocycles. The Labute approximate surface area is 124 Å². The van der Waals surface area contributed by atoms with Gasteiger partial charge in [0.2, 0.25) is 5.76 Å². The predicted octanol–water partition coefficient (Wildman–Crippen LogP) is 3.56. The van der Waals surface area contributed by atoms with Crippen molar-refractivity contribution in [2.45, 2.75) is 31.6 Å². The fraction of sp³-hybridized carbons (Fsp3) is 0.545. The zero-order valence-corrected chi connectivity index (χ0v) is 13.6. The second-order valence-corrected chi connectivity index (χ2v) is 7.61. The minimum Gasteiger partial charge on any atom is -0.460 e. The molecule has 0 atom stereocenters. The molecule has 0 fully saturated rings. The number of hydrogen-bond donors (Lipinski definition) is 0. The quantitative estimate of drug-likeness (QED) is 0.433. The molecule has 19 heavy (non-hydrogen) atoms. The maximum atomic E-state index is 11.6. The zero-order valence-electron chi connectivity index (χ0n) is 10.5. The lowest BCUT2D eigenvalue weighted by molar-refractivity contribution is 0.0457. The molecule has 108 valence electrons. The molecule has 0 amide bonds. The van der Waals surface area contributed by atoms with Crippen LogP contribution in [0.1, 0.15) is 37.2 Å². The molecule has 1 rings (SSSR count). The molecule has 8 heteroatoms. The average Bonchev–Trinajstić information content (AvgIpc) is 2.66. The van der Waals surface area contributed by atoms with E-state index in [2.05, 4.69) is 29.8 Å². The lowest BCUT2D eigenvalue weighted by atomic mass is 10.1. The van der Waals surface area contributed by atoms with Crippen molar-refractivity contribution in [3.8, 4) is 0 Å². The molecule has 1 aromatic heterocycles. The maximum absolute atomic E-state index is 11.6. The Bertz CT molecular complexity index is 549. The minimum atomic E-state index is -3.96. The molecule has 0 radical (unpaired) electrons. The Hall–Kier alpha value is -0.530. The SMILES string of the molecule is CC(C)CCCOC(=O)c1cc(S(=O)(=O)Cl)c(Br)o1. The smallest absolute Gasteiger partial charge is 0.374 e. The van der Waals surface area contributed by atoms with Gasteiger partial charge in [0.1, 0.15) is 4.90 Å². The van der Waals surface area contributed by atoms with Crippen LogP contribution in [0.15, 0.2) is 20.0 Å². The molecule has 0 saturated carbocycles. The van der Waals surface area contributed by atoms with E-state index < -0.39 is 15.0 Å². The zero-order chi connectivity index (χ0) is 14.6. The predicted molar refractivity (Wildman–Crippen MR) is 73.8 cm³/mol. The number of esters is 1. The summed E-state index contributed by atoms with van der Waals surface area (Å²) in [6.07, 6.45) is 1.68. The van der Waals surface area contributed by atoms with Crippen LogP contribution in [0, 0.1) is 5.92 Å². The molecule has 1 aromatic rings. The first-order chi connectivity index (χ1) is 8.71. The summed E-state index contributed by atoms with van der Waals surface area (Å²) < 4.78 is 32.1. The molecule has 0 N–H and O–H groups in total. The Kier molecular flexibility index (Phi) is 5.88. The van der Waals surface area contributed by atoms with Crippen molar-refractivity contribution in [3.05, 3.63) is 16.5 Å². The second-order valence-electron chi connectivity index (χ2n) is 4.36. The highest BCUT2D eigenvalue weighted by Crippen LogP contribution is 2.29. The van der Waals surface area contributed by atoms with Crippen molar-refractivity contribution in [2.75, 3.05) is 6.61 Å². The summed E-state index contributed by atoms with van der Waals surface area (Å²) in [6, 6.07) is 1.04. The van der Waals surface area contributed by atoms with Crippen LogP contribution in [0.2, 0.25) is 0 Å². The summed E-state index contributed by atoms with van der Waals surface area (Å²) in [6.45, 7) is 4.41. The van der Waals surface area contributed by atoms with Gasteiger partial charge in [0.25, 0.3) is 9.05 Å². The van der Waals surface area contributed by atoms with Crippen LogP contribution in [0.25, 0.3) is 0 Å². The van der Waals surface area contributed by atoms with Gasteiger partial charge in [-0.3, -0.25) is 0 Å².